The van der Waals surface area contributed by atoms with E-state index in [1.54, 1.807) is 17.0 Å². The van der Waals surface area contributed by atoms with Gasteiger partial charge >= 0.3 is 0 Å². The number of rotatable bonds is 6. The van der Waals surface area contributed by atoms with Gasteiger partial charge in [-0.3, -0.25) is 9.59 Å². The van der Waals surface area contributed by atoms with E-state index < -0.39 is 0 Å². The lowest BCUT2D eigenvalue weighted by molar-refractivity contribution is -0.136. The summed E-state index contributed by atoms with van der Waals surface area (Å²) in [6.45, 7) is 1.19. The fourth-order valence-corrected chi connectivity index (χ4v) is 2.60. The van der Waals surface area contributed by atoms with Crippen LogP contribution in [0.1, 0.15) is 42.7 Å². The Balaban J connectivity index is 1.68. The number of likely N-dealkylation sites (tertiary alicyclic amines) is 1. The van der Waals surface area contributed by atoms with Gasteiger partial charge < -0.3 is 19.7 Å². The minimum atomic E-state index is -0.265. The number of aliphatic hydroxyl groups excluding tert-OH is 1. The second-order valence-corrected chi connectivity index (χ2v) is 5.26. The molecule has 1 aromatic rings. The second-order valence-electron chi connectivity index (χ2n) is 5.26. The molecule has 0 bridgehead atoms. The molecule has 1 unspecified atom stereocenters. The Morgan fingerprint density at radius 3 is 3.00 bits per heavy atom. The average molecular weight is 294 g/mol. The summed E-state index contributed by atoms with van der Waals surface area (Å²) in [6.07, 6.45) is 5.35. The minimum absolute atomic E-state index is 0.0287. The quantitative estimate of drug-likeness (QED) is 0.771. The summed E-state index contributed by atoms with van der Waals surface area (Å²) >= 11 is 0. The van der Waals surface area contributed by atoms with Gasteiger partial charge in [0.05, 0.1) is 18.9 Å². The lowest BCUT2D eigenvalue weighted by Gasteiger charge is -2.34. The van der Waals surface area contributed by atoms with Crippen LogP contribution in [0.3, 0.4) is 0 Å². The van der Waals surface area contributed by atoms with Gasteiger partial charge in [-0.25, -0.2) is 0 Å². The molecular formula is C15H22N2O4. The van der Waals surface area contributed by atoms with Crippen molar-refractivity contribution in [1.29, 1.82) is 0 Å². The van der Waals surface area contributed by atoms with Crippen molar-refractivity contribution in [2.24, 2.45) is 0 Å². The Bertz CT molecular complexity index is 458. The van der Waals surface area contributed by atoms with E-state index in [0.29, 0.717) is 19.4 Å². The highest BCUT2D eigenvalue weighted by Crippen LogP contribution is 2.17. The van der Waals surface area contributed by atoms with Gasteiger partial charge in [0.15, 0.2) is 5.76 Å². The average Bonchev–Trinajstić information content (AvgIpc) is 3.05. The first-order valence-corrected chi connectivity index (χ1v) is 7.44. The van der Waals surface area contributed by atoms with Crippen molar-refractivity contribution in [3.63, 3.8) is 0 Å². The zero-order chi connectivity index (χ0) is 15.1. The van der Waals surface area contributed by atoms with Crippen molar-refractivity contribution < 1.29 is 19.1 Å². The van der Waals surface area contributed by atoms with Crippen LogP contribution in [0.25, 0.3) is 0 Å². The third kappa shape index (κ3) is 4.32. The number of aliphatic hydroxyl groups is 1. The molecule has 1 fully saturated rings. The molecule has 0 spiro atoms. The molecule has 1 aliphatic heterocycles. The van der Waals surface area contributed by atoms with E-state index >= 15 is 0 Å². The Hall–Kier alpha value is -1.82. The molecule has 0 saturated carbocycles. The summed E-state index contributed by atoms with van der Waals surface area (Å²) in [6, 6.07) is 3.22. The van der Waals surface area contributed by atoms with Gasteiger partial charge in [-0.1, -0.05) is 0 Å². The monoisotopic (exact) mass is 294 g/mol. The van der Waals surface area contributed by atoms with E-state index in [1.807, 2.05) is 0 Å². The molecule has 21 heavy (non-hydrogen) atoms. The van der Waals surface area contributed by atoms with Crippen LogP contribution in [0.2, 0.25) is 0 Å². The minimum Gasteiger partial charge on any atom is -0.459 e. The highest BCUT2D eigenvalue weighted by atomic mass is 16.3. The van der Waals surface area contributed by atoms with E-state index in [0.717, 1.165) is 25.8 Å². The molecular weight excluding hydrogens is 272 g/mol. The Morgan fingerprint density at radius 1 is 1.43 bits per heavy atom. The summed E-state index contributed by atoms with van der Waals surface area (Å²) in [4.78, 5) is 25.5. The number of nitrogens with zero attached hydrogens (tertiary/aromatic N) is 1. The van der Waals surface area contributed by atoms with Crippen LogP contribution >= 0.6 is 0 Å². The number of hydrogen-bond donors (Lipinski definition) is 2. The number of furan rings is 1. The van der Waals surface area contributed by atoms with Crippen LogP contribution in [0.5, 0.6) is 0 Å². The molecule has 2 heterocycles. The van der Waals surface area contributed by atoms with Gasteiger partial charge in [0.25, 0.3) is 5.91 Å². The van der Waals surface area contributed by atoms with Crippen LogP contribution in [-0.4, -0.2) is 47.6 Å². The normalized spacial score (nSPS) is 18.5. The highest BCUT2D eigenvalue weighted by molar-refractivity contribution is 5.91. The fourth-order valence-electron chi connectivity index (χ4n) is 2.60. The predicted molar refractivity (Wildman–Crippen MR) is 76.7 cm³/mol. The van der Waals surface area contributed by atoms with Crippen molar-refractivity contribution in [2.45, 2.75) is 38.1 Å². The maximum atomic E-state index is 12.1. The Labute approximate surface area is 124 Å². The summed E-state index contributed by atoms with van der Waals surface area (Å²) in [5.41, 5.74) is 0. The van der Waals surface area contributed by atoms with Crippen LogP contribution in [0, 0.1) is 0 Å². The number of amides is 2. The Kier molecular flexibility index (Phi) is 5.80. The first-order chi connectivity index (χ1) is 10.2. The van der Waals surface area contributed by atoms with E-state index in [1.165, 1.54) is 6.26 Å². The molecule has 1 aromatic heterocycles. The maximum Gasteiger partial charge on any atom is 0.286 e. The molecule has 2 N–H and O–H groups in total. The first-order valence-electron chi connectivity index (χ1n) is 7.44. The van der Waals surface area contributed by atoms with E-state index in [4.69, 9.17) is 4.42 Å². The molecule has 1 atom stereocenters. The molecule has 2 rings (SSSR count). The summed E-state index contributed by atoms with van der Waals surface area (Å²) in [5.74, 6) is 0.0670. The van der Waals surface area contributed by atoms with Gasteiger partial charge in [0.1, 0.15) is 0 Å². The zero-order valence-corrected chi connectivity index (χ0v) is 12.1. The third-order valence-corrected chi connectivity index (χ3v) is 3.76. The molecule has 0 radical (unpaired) electrons. The molecule has 0 aliphatic carbocycles. The van der Waals surface area contributed by atoms with Crippen molar-refractivity contribution in [3.05, 3.63) is 24.2 Å². The lowest BCUT2D eigenvalue weighted by Crippen LogP contribution is -2.45. The molecule has 0 aromatic carbocycles. The summed E-state index contributed by atoms with van der Waals surface area (Å²) < 4.78 is 4.98. The van der Waals surface area contributed by atoms with Gasteiger partial charge in [0, 0.05) is 19.5 Å². The molecule has 1 aliphatic rings. The largest absolute Gasteiger partial charge is 0.459 e. The Morgan fingerprint density at radius 2 is 2.29 bits per heavy atom. The van der Waals surface area contributed by atoms with E-state index in [-0.39, 0.29) is 30.2 Å². The number of nitrogens with one attached hydrogen (secondary N) is 1. The standard InChI is InChI=1S/C15H22N2O4/c18-11-12-5-1-2-9-17(12)14(19)7-3-8-16-15(20)13-6-4-10-21-13/h4,6,10,12,18H,1-3,5,7-9,11H2,(H,16,20). The highest BCUT2D eigenvalue weighted by Gasteiger charge is 2.25. The number of piperidine rings is 1. The van der Waals surface area contributed by atoms with Gasteiger partial charge in [-0.05, 0) is 37.8 Å². The van der Waals surface area contributed by atoms with Crippen LogP contribution in [0.15, 0.2) is 22.8 Å². The van der Waals surface area contributed by atoms with Gasteiger partial charge in [-0.15, -0.1) is 0 Å². The molecule has 1 saturated heterocycles. The molecule has 116 valence electrons. The number of carbonyl (C=O) groups is 2. The molecule has 6 heteroatoms. The SMILES string of the molecule is O=C(NCCCC(=O)N1CCCCC1CO)c1ccco1. The smallest absolute Gasteiger partial charge is 0.286 e. The van der Waals surface area contributed by atoms with Crippen molar-refractivity contribution in [1.82, 2.24) is 10.2 Å². The second kappa shape index (κ2) is 7.83. The molecule has 6 nitrogen and oxygen atoms in total. The topological polar surface area (TPSA) is 82.8 Å². The molecule has 2 amide bonds. The number of carbonyl (C=O) groups excluding carboxylic acids is 2. The fraction of sp³-hybridized carbons (Fsp3) is 0.600. The van der Waals surface area contributed by atoms with Gasteiger partial charge in [-0.2, -0.15) is 0 Å². The zero-order valence-electron chi connectivity index (χ0n) is 12.1. The predicted octanol–water partition coefficient (Wildman–Crippen LogP) is 1.16. The van der Waals surface area contributed by atoms with Crippen LogP contribution in [0.4, 0.5) is 0 Å². The third-order valence-electron chi connectivity index (χ3n) is 3.76. The maximum absolute atomic E-state index is 12.1. The van der Waals surface area contributed by atoms with Crippen molar-refractivity contribution >= 4 is 11.8 Å². The van der Waals surface area contributed by atoms with Crippen LogP contribution in [-0.2, 0) is 4.79 Å². The summed E-state index contributed by atoms with van der Waals surface area (Å²) in [5, 5.41) is 12.0. The van der Waals surface area contributed by atoms with Crippen molar-refractivity contribution in [3.8, 4) is 0 Å². The van der Waals surface area contributed by atoms with E-state index in [2.05, 4.69) is 5.32 Å². The lowest BCUT2D eigenvalue weighted by atomic mass is 10.0. The van der Waals surface area contributed by atoms with Crippen molar-refractivity contribution in [2.75, 3.05) is 19.7 Å². The number of hydrogen-bond acceptors (Lipinski definition) is 4. The van der Waals surface area contributed by atoms with Gasteiger partial charge in [0.2, 0.25) is 5.91 Å². The first kappa shape index (κ1) is 15.6. The summed E-state index contributed by atoms with van der Waals surface area (Å²) in [7, 11) is 0. The van der Waals surface area contributed by atoms with Crippen LogP contribution < -0.4 is 5.32 Å². The van der Waals surface area contributed by atoms with E-state index in [9.17, 15) is 14.7 Å².